The molecule has 8 aromatic rings. The largest absolute Gasteiger partial charge is 0.184 e. The van der Waals surface area contributed by atoms with E-state index in [-0.39, 0.29) is 25.8 Å². The number of benzene rings is 6. The van der Waals surface area contributed by atoms with E-state index in [1.165, 1.54) is 126 Å². The predicted molar refractivity (Wildman–Crippen MR) is 251 cm³/mol. The molecule has 0 aliphatic carbocycles. The molecule has 2 radical (unpaired) electrons. The molecule has 0 aromatic heterocycles. The predicted octanol–water partition coefficient (Wildman–Crippen LogP) is 14.5. The van der Waals surface area contributed by atoms with Crippen molar-refractivity contribution in [1.82, 2.24) is 0 Å². The van der Waals surface area contributed by atoms with Gasteiger partial charge in [-0.25, -0.2) is 0 Å². The maximum Gasteiger partial charge on any atom is 0.0920 e. The fourth-order valence-electron chi connectivity index (χ4n) is 8.33. The minimum absolute atomic E-state index is 0. The van der Waals surface area contributed by atoms with Gasteiger partial charge in [-0.05, 0) is 46.9 Å². The van der Waals surface area contributed by atoms with Gasteiger partial charge in [0.15, 0.2) is 0 Å². The second-order valence-electron chi connectivity index (χ2n) is 16.2. The average molecular weight is 937 g/mol. The van der Waals surface area contributed by atoms with Crippen molar-refractivity contribution in [3.63, 3.8) is 0 Å². The molecular formula is C56H57HfSi-3. The van der Waals surface area contributed by atoms with Gasteiger partial charge in [0, 0.05) is 25.8 Å². The van der Waals surface area contributed by atoms with E-state index in [2.05, 4.69) is 193 Å². The van der Waals surface area contributed by atoms with Crippen LogP contribution in [0.3, 0.4) is 0 Å². The number of aryl methyl sites for hydroxylation is 2. The Labute approximate surface area is 370 Å². The standard InChI is InChI=1S/2C22H25.C12H7Si.Hf/c2*1-4-5-9-17-14-18-10-8-13-21(22(18)15-17)20-12-7-6-11-19(20)16(2)3;1-3-7-11-9(5-1)10-6-2-4-8-12(10)13-11;/h2*6-8,10-16H,4-5,9H2,1-3H3;1-7H;/q3*-1;. The van der Waals surface area contributed by atoms with E-state index in [1.807, 2.05) is 6.07 Å². The van der Waals surface area contributed by atoms with Crippen LogP contribution in [0.15, 0.2) is 152 Å². The molecule has 0 N–H and O–H groups in total. The topological polar surface area (TPSA) is 0 Å². The van der Waals surface area contributed by atoms with Gasteiger partial charge < -0.3 is 0 Å². The molecule has 0 spiro atoms. The normalized spacial score (nSPS) is 11.4. The van der Waals surface area contributed by atoms with Gasteiger partial charge in [-0.3, -0.25) is 0 Å². The van der Waals surface area contributed by atoms with Crippen LogP contribution in [0.5, 0.6) is 0 Å². The van der Waals surface area contributed by atoms with Crippen LogP contribution in [0.2, 0.25) is 0 Å². The first-order valence-electron chi connectivity index (χ1n) is 21.3. The van der Waals surface area contributed by atoms with Crippen LogP contribution in [0.25, 0.3) is 54.9 Å². The van der Waals surface area contributed by atoms with Gasteiger partial charge in [-0.2, -0.15) is 41.6 Å². The van der Waals surface area contributed by atoms with Gasteiger partial charge in [0.1, 0.15) is 0 Å². The summed E-state index contributed by atoms with van der Waals surface area (Å²) < 4.78 is 0. The molecule has 0 nitrogen and oxygen atoms in total. The smallest absolute Gasteiger partial charge is 0.0920 e. The SMILES string of the molecule is CCCCc1cc2c(-c3ccccc3C(C)C)cccc2[cH-]1.CCCCc1cc2c(-c3ccccc3C(C)C)cccc2[cH-]1.[Hf].[c-]1cccc2c1[Si]c1ccccc1-2. The first kappa shape index (κ1) is 43.2. The second-order valence-corrected chi connectivity index (χ2v) is 17.5. The van der Waals surface area contributed by atoms with Crippen LogP contribution in [-0.2, 0) is 38.7 Å². The van der Waals surface area contributed by atoms with Gasteiger partial charge in [0.05, 0.1) is 9.52 Å². The first-order valence-corrected chi connectivity index (χ1v) is 22.3. The molecule has 0 atom stereocenters. The van der Waals surface area contributed by atoms with Crippen molar-refractivity contribution in [2.24, 2.45) is 0 Å². The van der Waals surface area contributed by atoms with Crippen LogP contribution >= 0.6 is 0 Å². The van der Waals surface area contributed by atoms with Crippen molar-refractivity contribution in [3.05, 3.63) is 180 Å². The third-order valence-corrected chi connectivity index (χ3v) is 12.7. The third-order valence-electron chi connectivity index (χ3n) is 11.3. The summed E-state index contributed by atoms with van der Waals surface area (Å²) in [4.78, 5) is 0. The molecule has 1 aliphatic rings. The Kier molecular flexibility index (Phi) is 15.3. The van der Waals surface area contributed by atoms with Crippen molar-refractivity contribution in [1.29, 1.82) is 0 Å². The van der Waals surface area contributed by atoms with Crippen molar-refractivity contribution in [2.75, 3.05) is 0 Å². The van der Waals surface area contributed by atoms with E-state index < -0.39 is 0 Å². The van der Waals surface area contributed by atoms with Crippen LogP contribution < -0.4 is 10.4 Å². The molecule has 8 aromatic carbocycles. The summed E-state index contributed by atoms with van der Waals surface area (Å²) in [5.74, 6) is 1.09. The minimum Gasteiger partial charge on any atom is -0.184 e. The zero-order valence-electron chi connectivity index (χ0n) is 35.3. The number of unbranched alkanes of at least 4 members (excludes halogenated alkanes) is 2. The molecule has 1 aliphatic heterocycles. The summed E-state index contributed by atoms with van der Waals surface area (Å²) in [6, 6.07) is 58.8. The van der Waals surface area contributed by atoms with Crippen LogP contribution in [0, 0.1) is 6.07 Å². The molecule has 58 heavy (non-hydrogen) atoms. The van der Waals surface area contributed by atoms with Gasteiger partial charge in [0.2, 0.25) is 0 Å². The molecular weight excluding hydrogens is 879 g/mol. The Morgan fingerprint density at radius 1 is 0.500 bits per heavy atom. The van der Waals surface area contributed by atoms with E-state index in [4.69, 9.17) is 0 Å². The van der Waals surface area contributed by atoms with Crippen molar-refractivity contribution in [3.8, 4) is 33.4 Å². The summed E-state index contributed by atoms with van der Waals surface area (Å²) in [6.07, 6.45) is 7.44. The minimum atomic E-state index is 0. The Bertz CT molecular complexity index is 2370. The molecule has 2 heteroatoms. The quantitative estimate of drug-likeness (QED) is 0.0947. The van der Waals surface area contributed by atoms with Gasteiger partial charge in [-0.15, -0.1) is 74.6 Å². The number of hydrogen-bond donors (Lipinski definition) is 0. The molecule has 0 fully saturated rings. The maximum atomic E-state index is 3.31. The Morgan fingerprint density at radius 3 is 1.45 bits per heavy atom. The van der Waals surface area contributed by atoms with Crippen molar-refractivity contribution < 1.29 is 25.8 Å². The molecule has 0 amide bonds. The summed E-state index contributed by atoms with van der Waals surface area (Å²) in [5.41, 5.74) is 14.1. The summed E-state index contributed by atoms with van der Waals surface area (Å²) in [5, 5.41) is 8.39. The fourth-order valence-corrected chi connectivity index (χ4v) is 9.64. The Hall–Kier alpha value is -4.37. The van der Waals surface area contributed by atoms with Crippen LogP contribution in [0.4, 0.5) is 0 Å². The van der Waals surface area contributed by atoms with Crippen molar-refractivity contribution >= 4 is 41.4 Å². The molecule has 292 valence electrons. The zero-order valence-corrected chi connectivity index (χ0v) is 39.9. The van der Waals surface area contributed by atoms with Crippen LogP contribution in [-0.4, -0.2) is 9.52 Å². The molecule has 0 bridgehead atoms. The number of rotatable bonds is 10. The van der Waals surface area contributed by atoms with Gasteiger partial charge >= 0.3 is 0 Å². The summed E-state index contributed by atoms with van der Waals surface area (Å²) >= 11 is 0. The monoisotopic (exact) mass is 937 g/mol. The summed E-state index contributed by atoms with van der Waals surface area (Å²) in [7, 11) is 0.795. The maximum absolute atomic E-state index is 3.31. The van der Waals surface area contributed by atoms with Gasteiger partial charge in [-0.1, -0.05) is 174 Å². The molecule has 0 saturated carbocycles. The molecule has 0 unspecified atom stereocenters. The average Bonchev–Trinajstić information content (AvgIpc) is 3.97. The van der Waals surface area contributed by atoms with Crippen molar-refractivity contribution in [2.45, 2.75) is 91.9 Å². The molecule has 9 rings (SSSR count). The van der Waals surface area contributed by atoms with E-state index in [0.717, 1.165) is 9.52 Å². The van der Waals surface area contributed by atoms with E-state index in [1.54, 1.807) is 0 Å². The third kappa shape index (κ3) is 9.90. The first-order chi connectivity index (χ1) is 27.9. The second kappa shape index (κ2) is 20.5. The number of hydrogen-bond acceptors (Lipinski definition) is 0. The Balaban J connectivity index is 0.000000150. The number of fused-ring (bicyclic) bond motifs is 5. The fraction of sp³-hybridized carbons (Fsp3) is 0.250. The van der Waals surface area contributed by atoms with Crippen LogP contribution in [0.1, 0.15) is 101 Å². The van der Waals surface area contributed by atoms with E-state index in [0.29, 0.717) is 11.8 Å². The van der Waals surface area contributed by atoms with E-state index >= 15 is 0 Å². The molecule has 1 heterocycles. The zero-order chi connectivity index (χ0) is 39.7. The van der Waals surface area contributed by atoms with Gasteiger partial charge in [0.25, 0.3) is 0 Å². The Morgan fingerprint density at radius 2 is 0.948 bits per heavy atom. The summed E-state index contributed by atoms with van der Waals surface area (Å²) in [6.45, 7) is 13.6. The van der Waals surface area contributed by atoms with E-state index in [9.17, 15) is 0 Å². The molecule has 0 saturated heterocycles.